The summed E-state index contributed by atoms with van der Waals surface area (Å²) in [6, 6.07) is 15.3. The van der Waals surface area contributed by atoms with E-state index in [4.69, 9.17) is 10.7 Å². The molecule has 0 fully saturated rings. The van der Waals surface area contributed by atoms with Crippen LogP contribution in [0, 0.1) is 18.8 Å². The molecule has 10 nitrogen and oxygen atoms in total. The van der Waals surface area contributed by atoms with Crippen molar-refractivity contribution in [3.05, 3.63) is 93.8 Å². The maximum atomic E-state index is 13.9. The lowest BCUT2D eigenvalue weighted by Crippen LogP contribution is -2.33. The minimum absolute atomic E-state index is 0.0461. The van der Waals surface area contributed by atoms with E-state index in [1.165, 1.54) is 9.08 Å². The Morgan fingerprint density at radius 3 is 2.61 bits per heavy atom. The Balaban J connectivity index is 1.65. The van der Waals surface area contributed by atoms with Crippen molar-refractivity contribution in [2.24, 2.45) is 0 Å². The Hall–Kier alpha value is -5.01. The highest BCUT2D eigenvalue weighted by molar-refractivity contribution is 6.04. The fourth-order valence-corrected chi connectivity index (χ4v) is 4.28. The predicted octanol–water partition coefficient (Wildman–Crippen LogP) is 2.54. The topological polar surface area (TPSA) is 140 Å². The van der Waals surface area contributed by atoms with Crippen molar-refractivity contribution in [2.45, 2.75) is 32.9 Å². The number of amides is 1. The van der Waals surface area contributed by atoms with E-state index in [0.717, 1.165) is 5.69 Å². The maximum Gasteiger partial charge on any atom is 0.267 e. The Labute approximate surface area is 217 Å². The zero-order chi connectivity index (χ0) is 27.0. The first-order valence-corrected chi connectivity index (χ1v) is 12.0. The van der Waals surface area contributed by atoms with Gasteiger partial charge in [-0.1, -0.05) is 36.1 Å². The van der Waals surface area contributed by atoms with Crippen LogP contribution < -0.4 is 16.6 Å². The van der Waals surface area contributed by atoms with E-state index in [2.05, 4.69) is 27.2 Å². The minimum atomic E-state index is -0.852. The molecule has 190 valence electrons. The van der Waals surface area contributed by atoms with Crippen LogP contribution in [0.1, 0.15) is 47.3 Å². The predicted molar refractivity (Wildman–Crippen MR) is 144 cm³/mol. The van der Waals surface area contributed by atoms with Crippen LogP contribution in [0.5, 0.6) is 0 Å². The lowest BCUT2D eigenvalue weighted by Gasteiger charge is -2.20. The second-order valence-electron chi connectivity index (χ2n) is 8.87. The van der Waals surface area contributed by atoms with Gasteiger partial charge in [0.25, 0.3) is 11.5 Å². The highest BCUT2D eigenvalue weighted by Crippen LogP contribution is 2.22. The van der Waals surface area contributed by atoms with E-state index in [1.807, 2.05) is 25.1 Å². The molecular formula is C28H25N7O3. The number of hydrogen-bond donors (Lipinski definition) is 3. The number of fused-ring (bicyclic) bond motifs is 2. The number of aliphatic hydroxyl groups excluding tert-OH is 1. The van der Waals surface area contributed by atoms with E-state index in [0.29, 0.717) is 33.6 Å². The molecule has 2 unspecified atom stereocenters. The largest absolute Gasteiger partial charge is 0.381 e. The molecule has 2 atom stereocenters. The molecular weight excluding hydrogens is 482 g/mol. The number of nitrogens with two attached hydrogens (primary N) is 1. The highest BCUT2D eigenvalue weighted by Gasteiger charge is 2.25. The van der Waals surface area contributed by atoms with Crippen molar-refractivity contribution in [1.82, 2.24) is 29.5 Å². The van der Waals surface area contributed by atoms with Crippen LogP contribution >= 0.6 is 0 Å². The number of carbonyl (C=O) groups excluding carboxylic acids is 1. The average Bonchev–Trinajstić information content (AvgIpc) is 3.24. The van der Waals surface area contributed by atoms with E-state index < -0.39 is 18.1 Å². The molecule has 5 rings (SSSR count). The zero-order valence-electron chi connectivity index (χ0n) is 21.0. The van der Waals surface area contributed by atoms with Crippen molar-refractivity contribution in [2.75, 3.05) is 5.73 Å². The van der Waals surface area contributed by atoms with Crippen molar-refractivity contribution < 1.29 is 9.90 Å². The molecule has 0 bridgehead atoms. The molecule has 0 spiro atoms. The second kappa shape index (κ2) is 9.80. The zero-order valence-corrected chi connectivity index (χ0v) is 21.0. The third-order valence-electron chi connectivity index (χ3n) is 6.05. The van der Waals surface area contributed by atoms with Crippen LogP contribution in [-0.4, -0.2) is 41.3 Å². The van der Waals surface area contributed by atoms with Gasteiger partial charge in [-0.25, -0.2) is 14.5 Å². The molecule has 0 radical (unpaired) electrons. The molecule has 5 aromatic rings. The number of anilines is 1. The molecule has 10 heteroatoms. The number of nitrogens with zero attached hydrogens (tertiary/aromatic N) is 5. The van der Waals surface area contributed by atoms with Gasteiger partial charge in [0.05, 0.1) is 22.6 Å². The fraction of sp³-hybridized carbons (Fsp3) is 0.179. The third kappa shape index (κ3) is 4.36. The van der Waals surface area contributed by atoms with Crippen molar-refractivity contribution in [1.29, 1.82) is 0 Å². The Morgan fingerprint density at radius 2 is 1.87 bits per heavy atom. The Kier molecular flexibility index (Phi) is 6.36. The summed E-state index contributed by atoms with van der Waals surface area (Å²) in [6.45, 7) is 5.13. The van der Waals surface area contributed by atoms with Gasteiger partial charge >= 0.3 is 0 Å². The van der Waals surface area contributed by atoms with Crippen molar-refractivity contribution >= 4 is 28.3 Å². The summed E-state index contributed by atoms with van der Waals surface area (Å²) in [5.41, 5.74) is 8.45. The summed E-state index contributed by atoms with van der Waals surface area (Å²) in [4.78, 5) is 36.4. The molecule has 0 saturated carbocycles. The van der Waals surface area contributed by atoms with Gasteiger partial charge in [0, 0.05) is 17.5 Å². The Bertz CT molecular complexity index is 1810. The van der Waals surface area contributed by atoms with Gasteiger partial charge in [-0.3, -0.25) is 14.2 Å². The normalized spacial score (nSPS) is 12.6. The molecule has 2 aromatic carbocycles. The number of benzene rings is 2. The smallest absolute Gasteiger partial charge is 0.267 e. The molecule has 1 amide bonds. The van der Waals surface area contributed by atoms with Crippen LogP contribution in [0.2, 0.25) is 0 Å². The fourth-order valence-electron chi connectivity index (χ4n) is 4.28. The minimum Gasteiger partial charge on any atom is -0.381 e. The van der Waals surface area contributed by atoms with Crippen LogP contribution in [0.25, 0.3) is 22.2 Å². The van der Waals surface area contributed by atoms with Crippen molar-refractivity contribution in [3.63, 3.8) is 0 Å². The molecule has 0 aliphatic rings. The number of aliphatic hydroxyl groups is 1. The van der Waals surface area contributed by atoms with Crippen LogP contribution in [0.15, 0.2) is 65.6 Å². The summed E-state index contributed by atoms with van der Waals surface area (Å²) in [7, 11) is 0. The standard InChI is InChI=1S/C28H25N7O3/c1-16-14-15-30-26-23(24(29)33-35(16)26)27(37)31-18(3)25-32-21-11-7-8-19(13-12-17(2)36)22(21)28(38)34(25)20-9-5-4-6-10-20/h4-11,14-15,17-18,36H,1-3H3,(H2,29,33)(H,31,37). The van der Waals surface area contributed by atoms with Gasteiger partial charge in [-0.15, -0.1) is 5.10 Å². The number of nitrogens with one attached hydrogen (secondary N) is 1. The third-order valence-corrected chi connectivity index (χ3v) is 6.05. The quantitative estimate of drug-likeness (QED) is 0.318. The van der Waals surface area contributed by atoms with E-state index in [9.17, 15) is 14.7 Å². The number of para-hydroxylation sites is 1. The molecule has 38 heavy (non-hydrogen) atoms. The number of nitrogen functional groups attached to an aromatic ring is 1. The molecule has 0 aliphatic carbocycles. The van der Waals surface area contributed by atoms with Gasteiger partial charge in [0.2, 0.25) is 0 Å². The first-order chi connectivity index (χ1) is 18.3. The summed E-state index contributed by atoms with van der Waals surface area (Å²) >= 11 is 0. The molecule has 3 heterocycles. The van der Waals surface area contributed by atoms with Crippen LogP contribution in [0.4, 0.5) is 5.82 Å². The lowest BCUT2D eigenvalue weighted by atomic mass is 10.1. The first kappa shape index (κ1) is 24.7. The monoisotopic (exact) mass is 507 g/mol. The lowest BCUT2D eigenvalue weighted by molar-refractivity contribution is 0.0940. The van der Waals surface area contributed by atoms with E-state index >= 15 is 0 Å². The van der Waals surface area contributed by atoms with Crippen LogP contribution in [0.3, 0.4) is 0 Å². The first-order valence-electron chi connectivity index (χ1n) is 12.0. The molecule has 4 N–H and O–H groups in total. The number of aromatic nitrogens is 5. The van der Waals surface area contributed by atoms with Gasteiger partial charge < -0.3 is 16.2 Å². The molecule has 0 aliphatic heterocycles. The maximum absolute atomic E-state index is 13.9. The number of rotatable bonds is 4. The number of carbonyl (C=O) groups is 1. The van der Waals surface area contributed by atoms with Gasteiger partial charge in [-0.2, -0.15) is 0 Å². The van der Waals surface area contributed by atoms with Gasteiger partial charge in [0.1, 0.15) is 17.5 Å². The summed E-state index contributed by atoms with van der Waals surface area (Å²) in [5, 5.41) is 17.1. The number of hydrogen-bond acceptors (Lipinski definition) is 7. The molecule has 3 aromatic heterocycles. The SMILES string of the molecule is Cc1ccnc2c(C(=O)NC(C)c3nc4cccc(C#CC(C)O)c4c(=O)n3-c3ccccc3)c(N)nn12. The Morgan fingerprint density at radius 1 is 1.11 bits per heavy atom. The van der Waals surface area contributed by atoms with Gasteiger partial charge in [-0.05, 0) is 51.1 Å². The summed E-state index contributed by atoms with van der Waals surface area (Å²) < 4.78 is 2.97. The van der Waals surface area contributed by atoms with Gasteiger partial charge in [0.15, 0.2) is 11.5 Å². The summed E-state index contributed by atoms with van der Waals surface area (Å²) in [5.74, 6) is 5.45. The molecule has 0 saturated heterocycles. The second-order valence-corrected chi connectivity index (χ2v) is 8.87. The van der Waals surface area contributed by atoms with Crippen molar-refractivity contribution in [3.8, 4) is 17.5 Å². The van der Waals surface area contributed by atoms with Crippen LogP contribution in [-0.2, 0) is 0 Å². The number of aryl methyl sites for hydroxylation is 1. The highest BCUT2D eigenvalue weighted by atomic mass is 16.3. The van der Waals surface area contributed by atoms with E-state index in [1.54, 1.807) is 56.4 Å². The average molecular weight is 508 g/mol. The van der Waals surface area contributed by atoms with E-state index in [-0.39, 0.29) is 16.9 Å². The summed E-state index contributed by atoms with van der Waals surface area (Å²) in [6.07, 6.45) is 0.733.